The molecule has 0 atom stereocenters. The van der Waals surface area contributed by atoms with Crippen LogP contribution in [0.1, 0.15) is 30.9 Å². The molecule has 0 bridgehead atoms. The molecule has 4 rings (SSSR count). The Kier molecular flexibility index (Phi) is 6.41. The molecule has 0 spiro atoms. The molecule has 0 aliphatic rings. The lowest BCUT2D eigenvalue weighted by Gasteiger charge is -2.15. The molecule has 0 saturated carbocycles. The summed E-state index contributed by atoms with van der Waals surface area (Å²) in [4.78, 5) is 17.6. The van der Waals surface area contributed by atoms with Crippen molar-refractivity contribution in [2.75, 3.05) is 13.7 Å². The highest BCUT2D eigenvalue weighted by molar-refractivity contribution is 5.93. The van der Waals surface area contributed by atoms with Crippen LogP contribution in [-0.4, -0.2) is 23.3 Å². The molecule has 6 nitrogen and oxygen atoms in total. The topological polar surface area (TPSA) is 77.1 Å². The fourth-order valence-corrected chi connectivity index (χ4v) is 3.77. The molecule has 0 aliphatic heterocycles. The highest BCUT2D eigenvalue weighted by atomic mass is 16.5. The molecule has 166 valence electrons. The maximum atomic E-state index is 13.1. The van der Waals surface area contributed by atoms with Gasteiger partial charge in [-0.15, -0.1) is 0 Å². The van der Waals surface area contributed by atoms with Crippen molar-refractivity contribution in [3.05, 3.63) is 88.3 Å². The second kappa shape index (κ2) is 9.58. The minimum atomic E-state index is -0.319. The summed E-state index contributed by atoms with van der Waals surface area (Å²) in [6, 6.07) is 23.1. The molecule has 4 aromatic rings. The summed E-state index contributed by atoms with van der Waals surface area (Å²) in [5.74, 6) is 1.74. The molecule has 0 radical (unpaired) electrons. The van der Waals surface area contributed by atoms with Crippen LogP contribution in [0.3, 0.4) is 0 Å². The standard InChI is InChI=1S/C27H25N3O3/c1-18(2)20-6-8-21(9-7-20)26-24-16-23(32-3)12-13-25(24)30(27(31)29-26)17-19-4-10-22(11-5-19)33-15-14-28/h4-13,16,18H,15,17H2,1-3H3. The molecule has 0 unspecified atom stereocenters. The minimum absolute atomic E-state index is 0.00515. The van der Waals surface area contributed by atoms with E-state index in [-0.39, 0.29) is 12.3 Å². The number of hydrogen-bond acceptors (Lipinski definition) is 5. The Morgan fingerprint density at radius 3 is 2.33 bits per heavy atom. The van der Waals surface area contributed by atoms with Crippen molar-refractivity contribution in [2.45, 2.75) is 26.3 Å². The van der Waals surface area contributed by atoms with Gasteiger partial charge in [-0.1, -0.05) is 50.2 Å². The third-order valence-corrected chi connectivity index (χ3v) is 5.61. The zero-order chi connectivity index (χ0) is 23.4. The SMILES string of the molecule is COc1ccc2c(c1)c(-c1ccc(C(C)C)cc1)nc(=O)n2Cc1ccc(OCC#N)cc1. The number of nitrogens with zero attached hydrogens (tertiary/aromatic N) is 3. The second-order valence-corrected chi connectivity index (χ2v) is 8.08. The monoisotopic (exact) mass is 439 g/mol. The summed E-state index contributed by atoms with van der Waals surface area (Å²) < 4.78 is 12.4. The predicted octanol–water partition coefficient (Wildman–Crippen LogP) is 5.15. The van der Waals surface area contributed by atoms with E-state index in [4.69, 9.17) is 14.7 Å². The third-order valence-electron chi connectivity index (χ3n) is 5.61. The van der Waals surface area contributed by atoms with Crippen LogP contribution < -0.4 is 15.2 Å². The molecule has 3 aromatic carbocycles. The van der Waals surface area contributed by atoms with Gasteiger partial charge in [-0.2, -0.15) is 10.2 Å². The first-order valence-electron chi connectivity index (χ1n) is 10.8. The summed E-state index contributed by atoms with van der Waals surface area (Å²) in [6.45, 7) is 4.66. The summed E-state index contributed by atoms with van der Waals surface area (Å²) in [5.41, 5.74) is 4.15. The Balaban J connectivity index is 1.79. The first kappa shape index (κ1) is 22.1. The fourth-order valence-electron chi connectivity index (χ4n) is 3.77. The van der Waals surface area contributed by atoms with E-state index >= 15 is 0 Å². The van der Waals surface area contributed by atoms with Gasteiger partial charge in [0.2, 0.25) is 0 Å². The second-order valence-electron chi connectivity index (χ2n) is 8.08. The molecule has 33 heavy (non-hydrogen) atoms. The van der Waals surface area contributed by atoms with E-state index in [2.05, 4.69) is 31.0 Å². The lowest BCUT2D eigenvalue weighted by molar-refractivity contribution is 0.368. The number of ether oxygens (including phenoxy) is 2. The predicted molar refractivity (Wildman–Crippen MR) is 129 cm³/mol. The quantitative estimate of drug-likeness (QED) is 0.398. The smallest absolute Gasteiger partial charge is 0.348 e. The van der Waals surface area contributed by atoms with Crippen LogP contribution in [0.5, 0.6) is 11.5 Å². The van der Waals surface area contributed by atoms with E-state index in [1.165, 1.54) is 5.56 Å². The summed E-state index contributed by atoms with van der Waals surface area (Å²) in [7, 11) is 1.62. The molecular weight excluding hydrogens is 414 g/mol. The summed E-state index contributed by atoms with van der Waals surface area (Å²) in [6.07, 6.45) is 0. The number of rotatable bonds is 7. The van der Waals surface area contributed by atoms with Gasteiger partial charge in [0.25, 0.3) is 0 Å². The van der Waals surface area contributed by atoms with Crippen LogP contribution in [0.15, 0.2) is 71.5 Å². The van der Waals surface area contributed by atoms with Crippen LogP contribution in [-0.2, 0) is 6.54 Å². The van der Waals surface area contributed by atoms with Crippen molar-refractivity contribution in [3.8, 4) is 28.8 Å². The minimum Gasteiger partial charge on any atom is -0.497 e. The van der Waals surface area contributed by atoms with Crippen LogP contribution in [0.4, 0.5) is 0 Å². The molecule has 0 fully saturated rings. The molecule has 0 aliphatic carbocycles. The van der Waals surface area contributed by atoms with E-state index < -0.39 is 0 Å². The first-order valence-corrected chi connectivity index (χ1v) is 10.8. The zero-order valence-corrected chi connectivity index (χ0v) is 18.9. The van der Waals surface area contributed by atoms with Gasteiger partial charge in [0.15, 0.2) is 6.61 Å². The van der Waals surface area contributed by atoms with E-state index in [1.54, 1.807) is 23.8 Å². The summed E-state index contributed by atoms with van der Waals surface area (Å²) >= 11 is 0. The van der Waals surface area contributed by atoms with Gasteiger partial charge in [0, 0.05) is 10.9 Å². The van der Waals surface area contributed by atoms with E-state index in [0.29, 0.717) is 29.7 Å². The molecule has 0 saturated heterocycles. The van der Waals surface area contributed by atoms with Crippen molar-refractivity contribution < 1.29 is 9.47 Å². The Morgan fingerprint density at radius 1 is 1.00 bits per heavy atom. The van der Waals surface area contributed by atoms with Crippen LogP contribution >= 0.6 is 0 Å². The Labute approximate surface area is 192 Å². The van der Waals surface area contributed by atoms with Crippen molar-refractivity contribution in [2.24, 2.45) is 0 Å². The first-order chi connectivity index (χ1) is 16.0. The average Bonchev–Trinajstić information content (AvgIpc) is 2.84. The van der Waals surface area contributed by atoms with E-state index in [9.17, 15) is 4.79 Å². The normalized spacial score (nSPS) is 10.9. The van der Waals surface area contributed by atoms with Gasteiger partial charge in [-0.3, -0.25) is 4.57 Å². The summed E-state index contributed by atoms with van der Waals surface area (Å²) in [5, 5.41) is 9.51. The lowest BCUT2D eigenvalue weighted by Crippen LogP contribution is -2.24. The Bertz CT molecular complexity index is 1370. The highest BCUT2D eigenvalue weighted by Crippen LogP contribution is 2.30. The van der Waals surface area contributed by atoms with Crippen LogP contribution in [0, 0.1) is 11.3 Å². The van der Waals surface area contributed by atoms with Crippen molar-refractivity contribution >= 4 is 10.9 Å². The lowest BCUT2D eigenvalue weighted by atomic mass is 9.99. The zero-order valence-electron chi connectivity index (χ0n) is 18.9. The molecule has 0 amide bonds. The molecule has 0 N–H and O–H groups in total. The maximum absolute atomic E-state index is 13.1. The molecule has 6 heteroatoms. The van der Waals surface area contributed by atoms with Gasteiger partial charge >= 0.3 is 5.69 Å². The van der Waals surface area contributed by atoms with Crippen LogP contribution in [0.2, 0.25) is 0 Å². The van der Waals surface area contributed by atoms with Crippen molar-refractivity contribution in [3.63, 3.8) is 0 Å². The van der Waals surface area contributed by atoms with Gasteiger partial charge in [0.05, 0.1) is 24.9 Å². The van der Waals surface area contributed by atoms with Gasteiger partial charge in [-0.25, -0.2) is 4.79 Å². The average molecular weight is 440 g/mol. The fraction of sp³-hybridized carbons (Fsp3) is 0.222. The number of benzene rings is 3. The van der Waals surface area contributed by atoms with Crippen molar-refractivity contribution in [1.29, 1.82) is 5.26 Å². The largest absolute Gasteiger partial charge is 0.497 e. The molecular formula is C27H25N3O3. The van der Waals surface area contributed by atoms with Gasteiger partial charge in [-0.05, 0) is 47.4 Å². The number of methoxy groups -OCH3 is 1. The molecule has 1 aromatic heterocycles. The van der Waals surface area contributed by atoms with E-state index in [0.717, 1.165) is 22.0 Å². The Hall–Kier alpha value is -4.11. The molecule has 1 heterocycles. The number of aromatic nitrogens is 2. The van der Waals surface area contributed by atoms with E-state index in [1.807, 2.05) is 48.5 Å². The maximum Gasteiger partial charge on any atom is 0.348 e. The number of hydrogen-bond donors (Lipinski definition) is 0. The number of fused-ring (bicyclic) bond motifs is 1. The van der Waals surface area contributed by atoms with Gasteiger partial charge in [0.1, 0.15) is 17.6 Å². The number of nitriles is 1. The third kappa shape index (κ3) is 4.73. The van der Waals surface area contributed by atoms with Gasteiger partial charge < -0.3 is 9.47 Å². The Morgan fingerprint density at radius 2 is 1.70 bits per heavy atom. The van der Waals surface area contributed by atoms with Crippen LogP contribution in [0.25, 0.3) is 22.2 Å². The van der Waals surface area contributed by atoms with Crippen molar-refractivity contribution in [1.82, 2.24) is 9.55 Å². The highest BCUT2D eigenvalue weighted by Gasteiger charge is 2.14.